The van der Waals surface area contributed by atoms with Gasteiger partial charge in [-0.1, -0.05) is 48.9 Å². The monoisotopic (exact) mass is 430 g/mol. The van der Waals surface area contributed by atoms with Gasteiger partial charge in [0.1, 0.15) is 11.9 Å². The second-order valence-electron chi connectivity index (χ2n) is 7.72. The van der Waals surface area contributed by atoms with Crippen LogP contribution in [0.4, 0.5) is 4.39 Å². The average molecular weight is 431 g/mol. The van der Waals surface area contributed by atoms with Gasteiger partial charge in [-0.15, -0.1) is 11.8 Å². The predicted molar refractivity (Wildman–Crippen MR) is 122 cm³/mol. The molecule has 1 unspecified atom stereocenters. The van der Waals surface area contributed by atoms with Crippen molar-refractivity contribution >= 4 is 23.6 Å². The lowest BCUT2D eigenvalue weighted by Crippen LogP contribution is -2.50. The van der Waals surface area contributed by atoms with Crippen LogP contribution in [-0.4, -0.2) is 34.6 Å². The van der Waals surface area contributed by atoms with Crippen LogP contribution in [0.1, 0.15) is 43.9 Å². The molecule has 1 atom stereocenters. The van der Waals surface area contributed by atoms with Gasteiger partial charge in [0, 0.05) is 18.3 Å². The van der Waals surface area contributed by atoms with Crippen molar-refractivity contribution in [2.75, 3.05) is 5.75 Å². The minimum Gasteiger partial charge on any atom is -0.352 e. The topological polar surface area (TPSA) is 49.4 Å². The van der Waals surface area contributed by atoms with E-state index < -0.39 is 6.04 Å². The number of rotatable bonds is 10. The van der Waals surface area contributed by atoms with E-state index in [0.717, 1.165) is 16.7 Å². The number of hydrogen-bond donors (Lipinski definition) is 1. The molecule has 162 valence electrons. The van der Waals surface area contributed by atoms with Crippen molar-refractivity contribution in [2.24, 2.45) is 0 Å². The van der Waals surface area contributed by atoms with E-state index in [0.29, 0.717) is 18.7 Å². The molecule has 0 bridgehead atoms. The number of amides is 2. The Hall–Kier alpha value is -2.34. The summed E-state index contributed by atoms with van der Waals surface area (Å²) in [6, 6.07) is 13.8. The van der Waals surface area contributed by atoms with Crippen molar-refractivity contribution < 1.29 is 14.0 Å². The second kappa shape index (κ2) is 11.7. The fourth-order valence-electron chi connectivity index (χ4n) is 3.23. The van der Waals surface area contributed by atoms with E-state index in [1.54, 1.807) is 17.0 Å². The maximum absolute atomic E-state index is 13.1. The quantitative estimate of drug-likeness (QED) is 0.594. The van der Waals surface area contributed by atoms with Crippen LogP contribution in [-0.2, 0) is 21.9 Å². The van der Waals surface area contributed by atoms with Crippen LogP contribution in [0.5, 0.6) is 0 Å². The number of nitrogens with one attached hydrogen (secondary N) is 1. The number of benzene rings is 2. The highest BCUT2D eigenvalue weighted by molar-refractivity contribution is 7.99. The summed E-state index contributed by atoms with van der Waals surface area (Å²) in [5.74, 6) is 0.394. The summed E-state index contributed by atoms with van der Waals surface area (Å²) in [6.45, 7) is 8.15. The smallest absolute Gasteiger partial charge is 0.243 e. The zero-order chi connectivity index (χ0) is 22.1. The molecule has 0 aromatic heterocycles. The number of aryl methyl sites for hydroxylation is 1. The van der Waals surface area contributed by atoms with Crippen molar-refractivity contribution in [2.45, 2.75) is 58.5 Å². The molecule has 0 aliphatic heterocycles. The Kier molecular flexibility index (Phi) is 9.37. The maximum Gasteiger partial charge on any atom is 0.243 e. The van der Waals surface area contributed by atoms with Crippen LogP contribution in [0.2, 0.25) is 0 Å². The SMILES string of the molecule is CCC(C(=O)NC(C)C)N(Cc1cccc(C)c1)C(=O)CSCc1ccc(F)cc1. The Morgan fingerprint density at radius 1 is 1.10 bits per heavy atom. The number of carbonyl (C=O) groups excluding carboxylic acids is 2. The second-order valence-corrected chi connectivity index (χ2v) is 8.70. The Labute approximate surface area is 183 Å². The third-order valence-electron chi connectivity index (χ3n) is 4.66. The molecule has 0 spiro atoms. The van der Waals surface area contributed by atoms with Gasteiger partial charge in [0.2, 0.25) is 11.8 Å². The fourth-order valence-corrected chi connectivity index (χ4v) is 4.10. The van der Waals surface area contributed by atoms with E-state index in [9.17, 15) is 14.0 Å². The largest absolute Gasteiger partial charge is 0.352 e. The van der Waals surface area contributed by atoms with Gasteiger partial charge in [0.25, 0.3) is 0 Å². The molecule has 0 heterocycles. The summed E-state index contributed by atoms with van der Waals surface area (Å²) in [5.41, 5.74) is 3.08. The Morgan fingerprint density at radius 2 is 1.80 bits per heavy atom. The predicted octanol–water partition coefficient (Wildman–Crippen LogP) is 4.70. The van der Waals surface area contributed by atoms with Gasteiger partial charge in [-0.25, -0.2) is 4.39 Å². The van der Waals surface area contributed by atoms with Crippen LogP contribution < -0.4 is 5.32 Å². The standard InChI is InChI=1S/C24H31FN2O2S/c1-5-22(24(29)26-17(2)3)27(14-20-8-6-7-18(4)13-20)23(28)16-30-15-19-9-11-21(25)12-10-19/h6-13,17,22H,5,14-16H2,1-4H3,(H,26,29). The first-order valence-corrected chi connectivity index (χ1v) is 11.4. The first-order chi connectivity index (χ1) is 14.3. The van der Waals surface area contributed by atoms with Crippen LogP contribution in [0, 0.1) is 12.7 Å². The molecule has 0 saturated heterocycles. The van der Waals surface area contributed by atoms with Crippen molar-refractivity contribution in [3.63, 3.8) is 0 Å². The first-order valence-electron chi connectivity index (χ1n) is 10.3. The minimum absolute atomic E-state index is 0.00956. The van der Waals surface area contributed by atoms with Crippen molar-refractivity contribution in [1.82, 2.24) is 10.2 Å². The van der Waals surface area contributed by atoms with Gasteiger partial charge in [-0.3, -0.25) is 9.59 Å². The molecule has 2 aromatic carbocycles. The summed E-state index contributed by atoms with van der Waals surface area (Å²) >= 11 is 1.47. The highest BCUT2D eigenvalue weighted by atomic mass is 32.2. The van der Waals surface area contributed by atoms with Gasteiger partial charge < -0.3 is 10.2 Å². The number of nitrogens with zero attached hydrogens (tertiary/aromatic N) is 1. The molecule has 0 radical (unpaired) electrons. The van der Waals surface area contributed by atoms with E-state index in [1.807, 2.05) is 52.0 Å². The lowest BCUT2D eigenvalue weighted by Gasteiger charge is -2.31. The summed E-state index contributed by atoms with van der Waals surface area (Å²) in [7, 11) is 0. The third kappa shape index (κ3) is 7.48. The fraction of sp³-hybridized carbons (Fsp3) is 0.417. The maximum atomic E-state index is 13.1. The molecule has 1 N–H and O–H groups in total. The molecule has 2 aromatic rings. The van der Waals surface area contributed by atoms with Crippen LogP contribution >= 0.6 is 11.8 Å². The molecule has 0 saturated carbocycles. The lowest BCUT2D eigenvalue weighted by molar-refractivity contribution is -0.139. The van der Waals surface area contributed by atoms with E-state index >= 15 is 0 Å². The Morgan fingerprint density at radius 3 is 2.40 bits per heavy atom. The highest BCUT2D eigenvalue weighted by Crippen LogP contribution is 2.18. The van der Waals surface area contributed by atoms with Crippen molar-refractivity contribution in [3.05, 3.63) is 71.0 Å². The number of carbonyl (C=O) groups is 2. The van der Waals surface area contributed by atoms with Crippen molar-refractivity contribution in [3.8, 4) is 0 Å². The molecule has 2 rings (SSSR count). The number of hydrogen-bond acceptors (Lipinski definition) is 3. The van der Waals surface area contributed by atoms with Gasteiger partial charge in [0.05, 0.1) is 5.75 Å². The first kappa shape index (κ1) is 23.9. The summed E-state index contributed by atoms with van der Waals surface area (Å²) in [5, 5.41) is 2.94. The normalized spacial score (nSPS) is 11.9. The van der Waals surface area contributed by atoms with Crippen LogP contribution in [0.3, 0.4) is 0 Å². The van der Waals surface area contributed by atoms with Crippen LogP contribution in [0.15, 0.2) is 48.5 Å². The number of thioether (sulfide) groups is 1. The van der Waals surface area contributed by atoms with E-state index in [1.165, 1.54) is 23.9 Å². The van der Waals surface area contributed by atoms with E-state index in [-0.39, 0.29) is 29.4 Å². The molecular weight excluding hydrogens is 399 g/mol. The van der Waals surface area contributed by atoms with Gasteiger partial charge in [-0.2, -0.15) is 0 Å². The van der Waals surface area contributed by atoms with Crippen LogP contribution in [0.25, 0.3) is 0 Å². The summed E-state index contributed by atoms with van der Waals surface area (Å²) in [4.78, 5) is 27.6. The van der Waals surface area contributed by atoms with Crippen molar-refractivity contribution in [1.29, 1.82) is 0 Å². The molecule has 0 aliphatic rings. The molecule has 30 heavy (non-hydrogen) atoms. The van der Waals surface area contributed by atoms with Gasteiger partial charge >= 0.3 is 0 Å². The van der Waals surface area contributed by atoms with Gasteiger partial charge in [-0.05, 0) is 50.5 Å². The number of halogens is 1. The Balaban J connectivity index is 2.12. The molecule has 2 amide bonds. The minimum atomic E-state index is -0.521. The zero-order valence-electron chi connectivity index (χ0n) is 18.2. The molecule has 0 aliphatic carbocycles. The third-order valence-corrected chi connectivity index (χ3v) is 5.65. The van der Waals surface area contributed by atoms with E-state index in [2.05, 4.69) is 5.32 Å². The summed E-state index contributed by atoms with van der Waals surface area (Å²) < 4.78 is 13.1. The molecule has 0 fully saturated rings. The highest BCUT2D eigenvalue weighted by Gasteiger charge is 2.28. The van der Waals surface area contributed by atoms with E-state index in [4.69, 9.17) is 0 Å². The average Bonchev–Trinajstić information content (AvgIpc) is 2.68. The Bertz CT molecular complexity index is 839. The molecular formula is C24H31FN2O2S. The molecule has 6 heteroatoms. The zero-order valence-corrected chi connectivity index (χ0v) is 19.0. The lowest BCUT2D eigenvalue weighted by atomic mass is 10.1. The molecule has 4 nitrogen and oxygen atoms in total. The van der Waals surface area contributed by atoms with Gasteiger partial charge in [0.15, 0.2) is 0 Å². The summed E-state index contributed by atoms with van der Waals surface area (Å²) in [6.07, 6.45) is 0.540.